The second-order valence-corrected chi connectivity index (χ2v) is 8.92. The van der Waals surface area contributed by atoms with E-state index in [-0.39, 0.29) is 29.2 Å². The van der Waals surface area contributed by atoms with E-state index in [1.54, 1.807) is 12.1 Å². The lowest BCUT2D eigenvalue weighted by atomic mass is 10.1. The monoisotopic (exact) mass is 466 g/mol. The summed E-state index contributed by atoms with van der Waals surface area (Å²) in [6.45, 7) is 0.644. The van der Waals surface area contributed by atoms with E-state index in [1.807, 2.05) is 0 Å². The van der Waals surface area contributed by atoms with Crippen molar-refractivity contribution < 1.29 is 32.6 Å². The highest BCUT2D eigenvalue weighted by Crippen LogP contribution is 2.22. The summed E-state index contributed by atoms with van der Waals surface area (Å²) in [5.41, 5.74) is 0.521. The molecule has 164 valence electrons. The van der Waals surface area contributed by atoms with Crippen LogP contribution < -0.4 is 4.72 Å². The lowest BCUT2D eigenvalue weighted by Crippen LogP contribution is -2.48. The number of ether oxygens (including phenoxy) is 1. The molecule has 0 fully saturated rings. The van der Waals surface area contributed by atoms with Crippen molar-refractivity contribution in [2.45, 2.75) is 24.0 Å². The standard InChI is InChI=1S/C20H19ClN2O7S/c1-12(24)17(22-31(28,29)14-8-6-13(21)7-9-14)20(27)30-11-10-23-18(25)15-4-2-3-5-16(15)19(23)26/h2-9,12,17,22,24H,10-11H2,1H3/t12-,17-/m1/s1. The van der Waals surface area contributed by atoms with Gasteiger partial charge in [0.2, 0.25) is 10.0 Å². The van der Waals surface area contributed by atoms with Crippen LogP contribution >= 0.6 is 11.6 Å². The highest BCUT2D eigenvalue weighted by Gasteiger charge is 2.36. The molecule has 1 aliphatic rings. The number of benzene rings is 2. The smallest absolute Gasteiger partial charge is 0.326 e. The molecule has 11 heteroatoms. The number of carbonyl (C=O) groups excluding carboxylic acids is 3. The number of aliphatic hydroxyl groups is 1. The van der Waals surface area contributed by atoms with Gasteiger partial charge in [-0.15, -0.1) is 0 Å². The molecule has 2 atom stereocenters. The summed E-state index contributed by atoms with van der Waals surface area (Å²) in [4.78, 5) is 37.8. The number of imide groups is 1. The minimum Gasteiger partial charge on any atom is -0.463 e. The van der Waals surface area contributed by atoms with Crippen LogP contribution in [-0.2, 0) is 19.6 Å². The molecule has 0 bridgehead atoms. The summed E-state index contributed by atoms with van der Waals surface area (Å²) in [7, 11) is -4.15. The van der Waals surface area contributed by atoms with E-state index in [9.17, 15) is 27.9 Å². The van der Waals surface area contributed by atoms with Crippen molar-refractivity contribution in [2.24, 2.45) is 0 Å². The quantitative estimate of drug-likeness (QED) is 0.441. The van der Waals surface area contributed by atoms with Gasteiger partial charge in [-0.25, -0.2) is 8.42 Å². The fourth-order valence-corrected chi connectivity index (χ4v) is 4.35. The number of hydrogen-bond donors (Lipinski definition) is 2. The zero-order valence-corrected chi connectivity index (χ0v) is 17.9. The second kappa shape index (κ2) is 9.15. The van der Waals surface area contributed by atoms with Crippen LogP contribution in [-0.4, -0.2) is 61.5 Å². The topological polar surface area (TPSA) is 130 Å². The van der Waals surface area contributed by atoms with Crippen LogP contribution in [0.1, 0.15) is 27.6 Å². The van der Waals surface area contributed by atoms with Gasteiger partial charge in [0.25, 0.3) is 11.8 Å². The molecule has 0 spiro atoms. The average Bonchev–Trinajstić information content (AvgIpc) is 2.97. The number of esters is 1. The van der Waals surface area contributed by atoms with Gasteiger partial charge in [0.15, 0.2) is 0 Å². The molecule has 31 heavy (non-hydrogen) atoms. The highest BCUT2D eigenvalue weighted by atomic mass is 35.5. The van der Waals surface area contributed by atoms with E-state index in [1.165, 1.54) is 43.3 Å². The minimum atomic E-state index is -4.15. The van der Waals surface area contributed by atoms with Crippen LogP contribution in [0.3, 0.4) is 0 Å². The Hall–Kier alpha value is -2.79. The Labute approximate surface area is 183 Å². The molecule has 3 rings (SSSR count). The lowest BCUT2D eigenvalue weighted by molar-refractivity contribution is -0.148. The van der Waals surface area contributed by atoms with Gasteiger partial charge in [0.05, 0.1) is 28.7 Å². The van der Waals surface area contributed by atoms with E-state index >= 15 is 0 Å². The van der Waals surface area contributed by atoms with Crippen molar-refractivity contribution >= 4 is 39.4 Å². The molecule has 0 saturated heterocycles. The van der Waals surface area contributed by atoms with Gasteiger partial charge in [-0.3, -0.25) is 19.3 Å². The number of nitrogens with one attached hydrogen (secondary N) is 1. The Morgan fingerprint density at radius 2 is 1.65 bits per heavy atom. The van der Waals surface area contributed by atoms with Crippen LogP contribution in [0.25, 0.3) is 0 Å². The summed E-state index contributed by atoms with van der Waals surface area (Å²) >= 11 is 5.75. The number of aliphatic hydroxyl groups excluding tert-OH is 1. The van der Waals surface area contributed by atoms with Crippen molar-refractivity contribution in [3.8, 4) is 0 Å². The van der Waals surface area contributed by atoms with E-state index < -0.39 is 40.0 Å². The van der Waals surface area contributed by atoms with Gasteiger partial charge in [-0.05, 0) is 43.3 Å². The zero-order chi connectivity index (χ0) is 22.8. The number of halogens is 1. The van der Waals surface area contributed by atoms with E-state index in [0.29, 0.717) is 5.02 Å². The molecule has 0 saturated carbocycles. The molecule has 1 aliphatic heterocycles. The van der Waals surface area contributed by atoms with Gasteiger partial charge in [0, 0.05) is 5.02 Å². The molecule has 2 aromatic carbocycles. The Morgan fingerprint density at radius 3 is 2.16 bits per heavy atom. The van der Waals surface area contributed by atoms with Crippen LogP contribution in [0, 0.1) is 0 Å². The molecule has 2 aromatic rings. The number of hydrogen-bond acceptors (Lipinski definition) is 7. The molecular formula is C20H19ClN2O7S. The third-order valence-corrected chi connectivity index (χ3v) is 6.29. The van der Waals surface area contributed by atoms with Crippen molar-refractivity contribution in [1.29, 1.82) is 0 Å². The SMILES string of the molecule is C[C@@H](O)[C@@H](NS(=O)(=O)c1ccc(Cl)cc1)C(=O)OCCN1C(=O)c2ccccc2C1=O. The number of fused-ring (bicyclic) bond motifs is 1. The van der Waals surface area contributed by atoms with Crippen LogP contribution in [0.15, 0.2) is 53.4 Å². The molecule has 0 unspecified atom stereocenters. The van der Waals surface area contributed by atoms with Gasteiger partial charge >= 0.3 is 5.97 Å². The normalized spacial score (nSPS) is 15.5. The van der Waals surface area contributed by atoms with Gasteiger partial charge < -0.3 is 9.84 Å². The maximum Gasteiger partial charge on any atom is 0.326 e. The van der Waals surface area contributed by atoms with Crippen molar-refractivity contribution in [3.05, 3.63) is 64.7 Å². The lowest BCUT2D eigenvalue weighted by Gasteiger charge is -2.21. The predicted molar refractivity (Wildman–Crippen MR) is 110 cm³/mol. The van der Waals surface area contributed by atoms with Gasteiger partial charge in [-0.1, -0.05) is 23.7 Å². The molecule has 9 nitrogen and oxygen atoms in total. The van der Waals surface area contributed by atoms with Crippen LogP contribution in [0.4, 0.5) is 0 Å². The summed E-state index contributed by atoms with van der Waals surface area (Å²) in [5, 5.41) is 10.2. The third-order valence-electron chi connectivity index (χ3n) is 4.58. The fourth-order valence-electron chi connectivity index (χ4n) is 2.96. The third kappa shape index (κ3) is 4.93. The first-order valence-electron chi connectivity index (χ1n) is 9.19. The molecule has 0 aliphatic carbocycles. The molecule has 2 amide bonds. The summed E-state index contributed by atoms with van der Waals surface area (Å²) in [6, 6.07) is 9.95. The first-order chi connectivity index (χ1) is 14.6. The maximum atomic E-state index is 12.5. The number of nitrogens with zero attached hydrogens (tertiary/aromatic N) is 1. The summed E-state index contributed by atoms with van der Waals surface area (Å²) in [5.74, 6) is -2.07. The van der Waals surface area contributed by atoms with Crippen LogP contribution in [0.2, 0.25) is 5.02 Å². The number of sulfonamides is 1. The number of amides is 2. The second-order valence-electron chi connectivity index (χ2n) is 6.77. The van der Waals surface area contributed by atoms with E-state index in [0.717, 1.165) is 4.90 Å². The van der Waals surface area contributed by atoms with Crippen molar-refractivity contribution in [2.75, 3.05) is 13.2 Å². The highest BCUT2D eigenvalue weighted by molar-refractivity contribution is 7.89. The number of carbonyl (C=O) groups is 3. The maximum absolute atomic E-state index is 12.5. The molecule has 1 heterocycles. The average molecular weight is 467 g/mol. The summed E-state index contributed by atoms with van der Waals surface area (Å²) in [6.07, 6.45) is -1.41. The van der Waals surface area contributed by atoms with Gasteiger partial charge in [0.1, 0.15) is 12.6 Å². The van der Waals surface area contributed by atoms with Crippen molar-refractivity contribution in [1.82, 2.24) is 9.62 Å². The Morgan fingerprint density at radius 1 is 1.10 bits per heavy atom. The first kappa shape index (κ1) is 22.9. The van der Waals surface area contributed by atoms with E-state index in [2.05, 4.69) is 4.72 Å². The molecular weight excluding hydrogens is 448 g/mol. The summed E-state index contributed by atoms with van der Waals surface area (Å²) < 4.78 is 32.1. The predicted octanol–water partition coefficient (Wildman–Crippen LogP) is 1.21. The fraction of sp³-hybridized carbons (Fsp3) is 0.250. The van der Waals surface area contributed by atoms with Gasteiger partial charge in [-0.2, -0.15) is 4.72 Å². The zero-order valence-electron chi connectivity index (χ0n) is 16.3. The largest absolute Gasteiger partial charge is 0.463 e. The van der Waals surface area contributed by atoms with E-state index in [4.69, 9.17) is 16.3 Å². The minimum absolute atomic E-state index is 0.152. The Kier molecular flexibility index (Phi) is 6.75. The molecule has 0 radical (unpaired) electrons. The molecule has 2 N–H and O–H groups in total. The Balaban J connectivity index is 1.62. The number of rotatable bonds is 8. The van der Waals surface area contributed by atoms with Crippen LogP contribution in [0.5, 0.6) is 0 Å². The van der Waals surface area contributed by atoms with Crippen molar-refractivity contribution in [3.63, 3.8) is 0 Å². The molecule has 0 aromatic heterocycles. The Bertz CT molecular complexity index is 1080. The first-order valence-corrected chi connectivity index (χ1v) is 11.1.